The standard InChI is InChI=1S/C22H24O7/c1-4-7-14(5-2)29-22(28)13-10-17(25)20(18(26)11-13)21(27)19-15(12(3)23)8-6-9-16(19)24/h6,8-11,14,24-26H,4-5,7H2,1-3H3. The summed E-state index contributed by atoms with van der Waals surface area (Å²) < 4.78 is 5.36. The van der Waals surface area contributed by atoms with Crippen LogP contribution in [0.3, 0.4) is 0 Å². The second-order valence-corrected chi connectivity index (χ2v) is 6.70. The Bertz CT molecular complexity index is 923. The molecule has 7 nitrogen and oxygen atoms in total. The molecule has 0 saturated heterocycles. The van der Waals surface area contributed by atoms with Crippen molar-refractivity contribution in [3.63, 3.8) is 0 Å². The van der Waals surface area contributed by atoms with Crippen molar-refractivity contribution in [3.05, 3.63) is 52.6 Å². The molecular weight excluding hydrogens is 376 g/mol. The molecule has 0 saturated carbocycles. The van der Waals surface area contributed by atoms with E-state index in [4.69, 9.17) is 4.74 Å². The Hall–Kier alpha value is -3.35. The van der Waals surface area contributed by atoms with Crippen LogP contribution in [-0.2, 0) is 4.74 Å². The molecule has 0 aliphatic heterocycles. The van der Waals surface area contributed by atoms with Gasteiger partial charge in [-0.1, -0.05) is 32.4 Å². The van der Waals surface area contributed by atoms with Crippen molar-refractivity contribution in [2.45, 2.75) is 46.1 Å². The molecule has 0 aliphatic rings. The van der Waals surface area contributed by atoms with E-state index in [9.17, 15) is 29.7 Å². The van der Waals surface area contributed by atoms with Gasteiger partial charge in [-0.15, -0.1) is 0 Å². The van der Waals surface area contributed by atoms with Gasteiger partial charge in [-0.3, -0.25) is 9.59 Å². The molecule has 29 heavy (non-hydrogen) atoms. The van der Waals surface area contributed by atoms with Crippen LogP contribution >= 0.6 is 0 Å². The number of carbonyl (C=O) groups is 3. The average Bonchev–Trinajstić information content (AvgIpc) is 2.66. The molecule has 0 aromatic heterocycles. The van der Waals surface area contributed by atoms with E-state index in [1.165, 1.54) is 25.1 Å². The molecule has 1 unspecified atom stereocenters. The quantitative estimate of drug-likeness (QED) is 0.453. The zero-order valence-electron chi connectivity index (χ0n) is 16.6. The van der Waals surface area contributed by atoms with Crippen LogP contribution in [0.1, 0.15) is 76.7 Å². The number of Topliss-reactive ketones (excluding diaryl/α,β-unsaturated/α-hetero) is 1. The smallest absolute Gasteiger partial charge is 0.338 e. The van der Waals surface area contributed by atoms with E-state index in [0.29, 0.717) is 12.8 Å². The van der Waals surface area contributed by atoms with Crippen LogP contribution in [0.15, 0.2) is 30.3 Å². The van der Waals surface area contributed by atoms with E-state index < -0.39 is 40.3 Å². The Kier molecular flexibility index (Phi) is 6.98. The molecule has 1 atom stereocenters. The number of aromatic hydroxyl groups is 3. The van der Waals surface area contributed by atoms with Crippen LogP contribution in [0.5, 0.6) is 17.2 Å². The lowest BCUT2D eigenvalue weighted by Gasteiger charge is -2.16. The summed E-state index contributed by atoms with van der Waals surface area (Å²) in [4.78, 5) is 37.0. The minimum Gasteiger partial charge on any atom is -0.507 e. The molecular formula is C22H24O7. The predicted molar refractivity (Wildman–Crippen MR) is 106 cm³/mol. The Labute approximate surface area is 168 Å². The zero-order valence-corrected chi connectivity index (χ0v) is 16.6. The number of phenols is 3. The van der Waals surface area contributed by atoms with Crippen LogP contribution < -0.4 is 0 Å². The first-order chi connectivity index (χ1) is 13.7. The van der Waals surface area contributed by atoms with E-state index in [2.05, 4.69) is 0 Å². The number of rotatable bonds is 8. The average molecular weight is 400 g/mol. The van der Waals surface area contributed by atoms with Gasteiger partial charge >= 0.3 is 5.97 Å². The Morgan fingerprint density at radius 1 is 0.966 bits per heavy atom. The van der Waals surface area contributed by atoms with E-state index in [0.717, 1.165) is 18.6 Å². The maximum atomic E-state index is 12.9. The topological polar surface area (TPSA) is 121 Å². The third-order valence-electron chi connectivity index (χ3n) is 4.55. The SMILES string of the molecule is CCCC(CC)OC(=O)c1cc(O)c(C(=O)c2c(O)cccc2C(C)=O)c(O)c1. The van der Waals surface area contributed by atoms with Gasteiger partial charge in [0.2, 0.25) is 5.78 Å². The summed E-state index contributed by atoms with van der Waals surface area (Å²) in [7, 11) is 0. The monoisotopic (exact) mass is 400 g/mol. The van der Waals surface area contributed by atoms with Crippen molar-refractivity contribution in [2.75, 3.05) is 0 Å². The summed E-state index contributed by atoms with van der Waals surface area (Å²) in [5, 5.41) is 30.7. The molecule has 2 aromatic carbocycles. The number of benzene rings is 2. The first-order valence-corrected chi connectivity index (χ1v) is 9.35. The lowest BCUT2D eigenvalue weighted by atomic mass is 9.93. The van der Waals surface area contributed by atoms with Crippen molar-refractivity contribution >= 4 is 17.5 Å². The maximum Gasteiger partial charge on any atom is 0.338 e. The van der Waals surface area contributed by atoms with Crippen LogP contribution in [0.25, 0.3) is 0 Å². The van der Waals surface area contributed by atoms with Gasteiger partial charge in [-0.05, 0) is 38.0 Å². The zero-order chi connectivity index (χ0) is 21.7. The molecule has 2 rings (SSSR count). The molecule has 0 radical (unpaired) electrons. The number of ketones is 2. The first kappa shape index (κ1) is 21.9. The number of ether oxygens (including phenoxy) is 1. The minimum absolute atomic E-state index is 0.0531. The fraction of sp³-hybridized carbons (Fsp3) is 0.318. The molecule has 0 aliphatic carbocycles. The molecule has 7 heteroatoms. The largest absolute Gasteiger partial charge is 0.507 e. The molecule has 3 N–H and O–H groups in total. The van der Waals surface area contributed by atoms with Crippen molar-refractivity contribution in [2.24, 2.45) is 0 Å². The van der Waals surface area contributed by atoms with Gasteiger partial charge in [0.1, 0.15) is 28.9 Å². The van der Waals surface area contributed by atoms with Gasteiger partial charge in [0, 0.05) is 5.56 Å². The van der Waals surface area contributed by atoms with Crippen molar-refractivity contribution in [3.8, 4) is 17.2 Å². The van der Waals surface area contributed by atoms with Crippen LogP contribution in [0.4, 0.5) is 0 Å². The molecule has 0 spiro atoms. The lowest BCUT2D eigenvalue weighted by Crippen LogP contribution is -2.17. The number of hydrogen-bond donors (Lipinski definition) is 3. The van der Waals surface area contributed by atoms with E-state index >= 15 is 0 Å². The number of carbonyl (C=O) groups excluding carboxylic acids is 3. The summed E-state index contributed by atoms with van der Waals surface area (Å²) in [6.07, 6.45) is 1.83. The highest BCUT2D eigenvalue weighted by atomic mass is 16.5. The highest BCUT2D eigenvalue weighted by molar-refractivity contribution is 6.19. The Morgan fingerprint density at radius 2 is 1.59 bits per heavy atom. The van der Waals surface area contributed by atoms with E-state index in [1.54, 1.807) is 0 Å². The molecule has 0 amide bonds. The molecule has 154 valence electrons. The van der Waals surface area contributed by atoms with Crippen LogP contribution in [0.2, 0.25) is 0 Å². The van der Waals surface area contributed by atoms with Gasteiger partial charge in [0.15, 0.2) is 5.78 Å². The molecule has 0 bridgehead atoms. The Balaban J connectivity index is 2.44. The van der Waals surface area contributed by atoms with Crippen molar-refractivity contribution in [1.82, 2.24) is 0 Å². The van der Waals surface area contributed by atoms with Gasteiger partial charge in [-0.25, -0.2) is 4.79 Å². The van der Waals surface area contributed by atoms with Gasteiger partial charge in [0.05, 0.1) is 11.1 Å². The predicted octanol–water partition coefficient (Wildman–Crippen LogP) is 3.97. The van der Waals surface area contributed by atoms with Crippen LogP contribution in [0, 0.1) is 0 Å². The van der Waals surface area contributed by atoms with E-state index in [-0.39, 0.29) is 22.8 Å². The fourth-order valence-corrected chi connectivity index (χ4v) is 3.05. The van der Waals surface area contributed by atoms with Gasteiger partial charge in [-0.2, -0.15) is 0 Å². The fourth-order valence-electron chi connectivity index (χ4n) is 3.05. The van der Waals surface area contributed by atoms with Crippen molar-refractivity contribution in [1.29, 1.82) is 0 Å². The highest BCUT2D eigenvalue weighted by Crippen LogP contribution is 2.35. The highest BCUT2D eigenvalue weighted by Gasteiger charge is 2.27. The summed E-state index contributed by atoms with van der Waals surface area (Å²) in [5.74, 6) is -3.94. The van der Waals surface area contributed by atoms with Gasteiger partial charge < -0.3 is 20.1 Å². The van der Waals surface area contributed by atoms with Gasteiger partial charge in [0.25, 0.3) is 0 Å². The molecule has 0 heterocycles. The van der Waals surface area contributed by atoms with Crippen molar-refractivity contribution < 1.29 is 34.4 Å². The summed E-state index contributed by atoms with van der Waals surface area (Å²) in [6.45, 7) is 5.07. The van der Waals surface area contributed by atoms with Crippen LogP contribution in [-0.4, -0.2) is 39.0 Å². The molecule has 2 aromatic rings. The third-order valence-corrected chi connectivity index (χ3v) is 4.55. The third kappa shape index (κ3) is 4.74. The second-order valence-electron chi connectivity index (χ2n) is 6.70. The normalized spacial score (nSPS) is 11.7. The second kappa shape index (κ2) is 9.23. The van der Waals surface area contributed by atoms with E-state index in [1.807, 2.05) is 13.8 Å². The Morgan fingerprint density at radius 3 is 2.10 bits per heavy atom. The number of phenolic OH excluding ortho intramolecular Hbond substituents is 3. The first-order valence-electron chi connectivity index (χ1n) is 9.35. The summed E-state index contributed by atoms with van der Waals surface area (Å²) in [6, 6.07) is 6.01. The summed E-state index contributed by atoms with van der Waals surface area (Å²) in [5.41, 5.74) is -1.03. The number of esters is 1. The molecule has 0 fully saturated rings. The minimum atomic E-state index is -0.944. The summed E-state index contributed by atoms with van der Waals surface area (Å²) >= 11 is 0. The number of hydrogen-bond acceptors (Lipinski definition) is 7. The lowest BCUT2D eigenvalue weighted by molar-refractivity contribution is 0.0270. The maximum absolute atomic E-state index is 12.9.